The fourth-order valence-electron chi connectivity index (χ4n) is 2.18. The third-order valence-electron chi connectivity index (χ3n) is 3.29. The van der Waals surface area contributed by atoms with Crippen molar-refractivity contribution in [2.45, 2.75) is 13.3 Å². The zero-order valence-corrected chi connectivity index (χ0v) is 14.2. The maximum absolute atomic E-state index is 13.7. The summed E-state index contributed by atoms with van der Waals surface area (Å²) in [6.07, 6.45) is 4.62. The lowest BCUT2D eigenvalue weighted by Crippen LogP contribution is -1.89. The highest BCUT2D eigenvalue weighted by Gasteiger charge is 2.14. The molecule has 1 atom stereocenters. The van der Waals surface area contributed by atoms with Gasteiger partial charge in [-0.3, -0.25) is 0 Å². The SMILES string of the molecule is Cc1ccc(Br)cc1Cc1ccc(C2=CC=C[SH]2F)s1. The van der Waals surface area contributed by atoms with Gasteiger partial charge in [0.25, 0.3) is 0 Å². The number of halogens is 2. The summed E-state index contributed by atoms with van der Waals surface area (Å²) in [7, 11) is 0. The van der Waals surface area contributed by atoms with Crippen LogP contribution in [0.2, 0.25) is 0 Å². The van der Waals surface area contributed by atoms with Crippen molar-refractivity contribution in [1.82, 2.24) is 0 Å². The van der Waals surface area contributed by atoms with Crippen molar-refractivity contribution in [3.8, 4) is 0 Å². The largest absolute Gasteiger partial charge is 0.183 e. The van der Waals surface area contributed by atoms with Gasteiger partial charge in [0, 0.05) is 25.6 Å². The van der Waals surface area contributed by atoms with Gasteiger partial charge in [-0.25, -0.2) is 0 Å². The molecule has 1 aromatic heterocycles. The van der Waals surface area contributed by atoms with Crippen LogP contribution in [-0.4, -0.2) is 0 Å². The van der Waals surface area contributed by atoms with Crippen molar-refractivity contribution in [3.05, 3.63) is 73.2 Å². The lowest BCUT2D eigenvalue weighted by atomic mass is 10.1. The molecule has 0 fully saturated rings. The van der Waals surface area contributed by atoms with E-state index in [-0.39, 0.29) is 0 Å². The van der Waals surface area contributed by atoms with E-state index in [1.807, 2.05) is 18.2 Å². The maximum Gasteiger partial charge on any atom is 0.0418 e. The van der Waals surface area contributed by atoms with E-state index in [2.05, 4.69) is 47.1 Å². The molecule has 0 aliphatic carbocycles. The molecular formula is C16H14BrFS2. The lowest BCUT2D eigenvalue weighted by molar-refractivity contribution is 0.938. The zero-order chi connectivity index (χ0) is 14.1. The Balaban J connectivity index is 1.83. The fraction of sp³-hybridized carbons (Fsp3) is 0.125. The second-order valence-corrected chi connectivity index (χ2v) is 8.20. The van der Waals surface area contributed by atoms with Crippen LogP contribution in [0.25, 0.3) is 4.91 Å². The van der Waals surface area contributed by atoms with Crippen LogP contribution in [-0.2, 0) is 6.42 Å². The quantitative estimate of drug-likeness (QED) is 0.615. The van der Waals surface area contributed by atoms with Crippen LogP contribution in [0, 0.1) is 6.92 Å². The minimum absolute atomic E-state index is 0.849. The van der Waals surface area contributed by atoms with Gasteiger partial charge in [-0.1, -0.05) is 39.4 Å². The molecule has 4 heteroatoms. The average molecular weight is 369 g/mol. The topological polar surface area (TPSA) is 0 Å². The number of rotatable bonds is 3. The number of benzene rings is 1. The summed E-state index contributed by atoms with van der Waals surface area (Å²) in [5.41, 5.74) is 2.60. The Hall–Kier alpha value is -0.840. The lowest BCUT2D eigenvalue weighted by Gasteiger charge is -2.06. The van der Waals surface area contributed by atoms with Crippen molar-refractivity contribution in [2.24, 2.45) is 0 Å². The first-order valence-electron chi connectivity index (χ1n) is 6.31. The molecule has 2 aromatic rings. The third-order valence-corrected chi connectivity index (χ3v) is 6.34. The summed E-state index contributed by atoms with van der Waals surface area (Å²) in [6, 6.07) is 10.5. The molecular weight excluding hydrogens is 355 g/mol. The van der Waals surface area contributed by atoms with Gasteiger partial charge in [0.15, 0.2) is 0 Å². The third kappa shape index (κ3) is 2.92. The van der Waals surface area contributed by atoms with Gasteiger partial charge in [-0.2, -0.15) is 3.89 Å². The molecule has 0 bridgehead atoms. The Bertz CT molecular complexity index is 700. The first-order chi connectivity index (χ1) is 9.63. The summed E-state index contributed by atoms with van der Waals surface area (Å²) in [4.78, 5) is 3.19. The molecule has 1 aliphatic heterocycles. The van der Waals surface area contributed by atoms with Gasteiger partial charge in [0.05, 0.1) is 0 Å². The molecule has 1 unspecified atom stereocenters. The first-order valence-corrected chi connectivity index (χ1v) is 9.22. The van der Waals surface area contributed by atoms with Gasteiger partial charge in [-0.05, 0) is 53.8 Å². The molecule has 0 N–H and O–H groups in total. The Labute approximate surface area is 133 Å². The smallest absolute Gasteiger partial charge is 0.0418 e. The molecule has 0 amide bonds. The van der Waals surface area contributed by atoms with Crippen LogP contribution in [0.15, 0.2) is 52.4 Å². The van der Waals surface area contributed by atoms with Gasteiger partial charge in [0.1, 0.15) is 0 Å². The van der Waals surface area contributed by atoms with E-state index in [1.54, 1.807) is 16.7 Å². The van der Waals surface area contributed by atoms with Crippen molar-refractivity contribution in [2.75, 3.05) is 0 Å². The number of thiophene rings is 1. The van der Waals surface area contributed by atoms with Crippen molar-refractivity contribution in [1.29, 1.82) is 0 Å². The van der Waals surface area contributed by atoms with E-state index >= 15 is 0 Å². The zero-order valence-electron chi connectivity index (χ0n) is 10.9. The molecule has 1 aliphatic rings. The Morgan fingerprint density at radius 1 is 1.25 bits per heavy atom. The van der Waals surface area contributed by atoms with Crippen LogP contribution >= 0.6 is 38.5 Å². The van der Waals surface area contributed by atoms with E-state index in [9.17, 15) is 3.89 Å². The van der Waals surface area contributed by atoms with Crippen LogP contribution < -0.4 is 0 Å². The fourth-order valence-corrected chi connectivity index (χ4v) is 4.85. The summed E-state index contributed by atoms with van der Waals surface area (Å²) in [5.74, 6) is 0. The summed E-state index contributed by atoms with van der Waals surface area (Å²) in [6.45, 7) is 2.13. The molecule has 0 spiro atoms. The van der Waals surface area contributed by atoms with Crippen molar-refractivity contribution in [3.63, 3.8) is 0 Å². The molecule has 0 saturated carbocycles. The number of hydrogen-bond acceptors (Lipinski definition) is 1. The molecule has 2 heterocycles. The van der Waals surface area contributed by atoms with Crippen LogP contribution in [0.5, 0.6) is 0 Å². The Morgan fingerprint density at radius 2 is 2.10 bits per heavy atom. The average Bonchev–Trinajstić information content (AvgIpc) is 3.02. The van der Waals surface area contributed by atoms with Crippen LogP contribution in [0.3, 0.4) is 0 Å². The number of thiol groups is 1. The van der Waals surface area contributed by atoms with Gasteiger partial charge in [-0.15, -0.1) is 11.3 Å². The maximum atomic E-state index is 13.7. The molecule has 104 valence electrons. The summed E-state index contributed by atoms with van der Waals surface area (Å²) < 4.78 is 14.8. The van der Waals surface area contributed by atoms with E-state index < -0.39 is 11.3 Å². The van der Waals surface area contributed by atoms with E-state index in [1.165, 1.54) is 16.0 Å². The minimum Gasteiger partial charge on any atom is -0.183 e. The second-order valence-electron chi connectivity index (χ2n) is 4.72. The molecule has 0 saturated heterocycles. The highest BCUT2D eigenvalue weighted by Crippen LogP contribution is 2.49. The molecule has 0 radical (unpaired) electrons. The van der Waals surface area contributed by atoms with Gasteiger partial charge >= 0.3 is 0 Å². The highest BCUT2D eigenvalue weighted by molar-refractivity contribution is 9.10. The highest BCUT2D eigenvalue weighted by atomic mass is 79.9. The standard InChI is InChI=1S/C16H14BrFS2/c1-11-4-5-13(17)9-12(11)10-14-6-7-15(19-14)16-3-2-8-20(16)18/h2-9,20H,10H2,1H3. The van der Waals surface area contributed by atoms with E-state index in [0.717, 1.165) is 20.7 Å². The molecule has 20 heavy (non-hydrogen) atoms. The van der Waals surface area contributed by atoms with Crippen LogP contribution in [0.4, 0.5) is 3.89 Å². The monoisotopic (exact) mass is 368 g/mol. The van der Waals surface area contributed by atoms with E-state index in [0.29, 0.717) is 0 Å². The second kappa shape index (κ2) is 5.88. The van der Waals surface area contributed by atoms with E-state index in [4.69, 9.17) is 0 Å². The number of hydrogen-bond donors (Lipinski definition) is 1. The molecule has 3 rings (SSSR count). The summed E-state index contributed by atoms with van der Waals surface area (Å²) >= 11 is 3.63. The Morgan fingerprint density at radius 3 is 2.85 bits per heavy atom. The van der Waals surface area contributed by atoms with Crippen molar-refractivity contribution >= 4 is 43.5 Å². The normalized spacial score (nSPS) is 19.4. The molecule has 1 aromatic carbocycles. The predicted molar refractivity (Wildman–Crippen MR) is 93.2 cm³/mol. The molecule has 0 nitrogen and oxygen atoms in total. The predicted octanol–water partition coefficient (Wildman–Crippen LogP) is 6.16. The summed E-state index contributed by atoms with van der Waals surface area (Å²) in [5, 5.41) is 1.66. The number of allylic oxidation sites excluding steroid dienone is 2. The first kappa shape index (κ1) is 14.1. The van der Waals surface area contributed by atoms with Gasteiger partial charge in [0.2, 0.25) is 0 Å². The van der Waals surface area contributed by atoms with Crippen LogP contribution in [0.1, 0.15) is 20.9 Å². The number of aryl methyl sites for hydroxylation is 1. The van der Waals surface area contributed by atoms with Gasteiger partial charge < -0.3 is 0 Å². The Kier molecular flexibility index (Phi) is 4.15. The van der Waals surface area contributed by atoms with Crippen molar-refractivity contribution < 1.29 is 3.89 Å². The minimum atomic E-state index is -1.58.